The van der Waals surface area contributed by atoms with Crippen molar-refractivity contribution in [2.24, 2.45) is 5.16 Å². The van der Waals surface area contributed by atoms with Crippen molar-refractivity contribution < 1.29 is 24.0 Å². The molecule has 3 amide bonds. The lowest BCUT2D eigenvalue weighted by molar-refractivity contribution is 0.153. The first-order valence-corrected chi connectivity index (χ1v) is 11.5. The highest BCUT2D eigenvalue weighted by molar-refractivity contribution is 8.00. The van der Waals surface area contributed by atoms with E-state index in [4.69, 9.17) is 0 Å². The summed E-state index contributed by atoms with van der Waals surface area (Å²) in [5, 5.41) is 11.1. The molecule has 0 fully saturated rings. The predicted octanol–water partition coefficient (Wildman–Crippen LogP) is 4.04. The quantitative estimate of drug-likeness (QED) is 0.235. The SMILES string of the molecule is CCCCNC(=O)n1c(NC(=O)OC)nc2ccccc21.CNC(=O)O/N=C/C(C)(C)SC. The maximum absolute atomic E-state index is 12.3. The highest BCUT2D eigenvalue weighted by Crippen LogP contribution is 2.19. The number of nitrogens with one attached hydrogen (secondary N) is 3. The molecule has 0 spiro atoms. The van der Waals surface area contributed by atoms with Gasteiger partial charge >= 0.3 is 18.2 Å². The summed E-state index contributed by atoms with van der Waals surface area (Å²) in [5.41, 5.74) is 1.24. The first kappa shape index (κ1) is 27.8. The summed E-state index contributed by atoms with van der Waals surface area (Å²) >= 11 is 1.63. The molecular weight excluding hydrogens is 448 g/mol. The van der Waals surface area contributed by atoms with E-state index in [-0.39, 0.29) is 16.7 Å². The minimum absolute atomic E-state index is 0.103. The zero-order valence-electron chi connectivity index (χ0n) is 19.8. The number of nitrogens with zero attached hydrogens (tertiary/aromatic N) is 3. The number of thioether (sulfide) groups is 1. The third-order valence-electron chi connectivity index (χ3n) is 4.20. The van der Waals surface area contributed by atoms with Crippen LogP contribution in [0, 0.1) is 0 Å². The second-order valence-corrected chi connectivity index (χ2v) is 8.59. The Balaban J connectivity index is 0.000000389. The van der Waals surface area contributed by atoms with Gasteiger partial charge < -0.3 is 15.4 Å². The van der Waals surface area contributed by atoms with E-state index in [0.717, 1.165) is 12.8 Å². The monoisotopic (exact) mass is 480 g/mol. The van der Waals surface area contributed by atoms with Crippen LogP contribution >= 0.6 is 11.8 Å². The molecule has 182 valence electrons. The van der Waals surface area contributed by atoms with Crippen molar-refractivity contribution >= 4 is 53.2 Å². The Hall–Kier alpha value is -3.28. The van der Waals surface area contributed by atoms with Gasteiger partial charge in [-0.05, 0) is 38.7 Å². The molecule has 0 aliphatic carbocycles. The van der Waals surface area contributed by atoms with Crippen molar-refractivity contribution in [3.8, 4) is 0 Å². The van der Waals surface area contributed by atoms with Crippen molar-refractivity contribution in [1.29, 1.82) is 0 Å². The number of amides is 3. The van der Waals surface area contributed by atoms with E-state index >= 15 is 0 Å². The smallest absolute Gasteiger partial charge is 0.433 e. The molecule has 11 nitrogen and oxygen atoms in total. The molecule has 0 unspecified atom stereocenters. The number of oxime groups is 1. The number of hydrogen-bond donors (Lipinski definition) is 3. The van der Waals surface area contributed by atoms with Crippen LogP contribution in [0.25, 0.3) is 11.0 Å². The molecule has 1 heterocycles. The van der Waals surface area contributed by atoms with E-state index in [1.807, 2.05) is 39.2 Å². The van der Waals surface area contributed by atoms with Crippen LogP contribution in [0.1, 0.15) is 33.6 Å². The summed E-state index contributed by atoms with van der Waals surface area (Å²) in [5.74, 6) is 0.136. The molecule has 0 aliphatic rings. The molecule has 0 saturated heterocycles. The van der Waals surface area contributed by atoms with Crippen LogP contribution < -0.4 is 16.0 Å². The summed E-state index contributed by atoms with van der Waals surface area (Å²) in [6.07, 6.45) is 4.20. The highest BCUT2D eigenvalue weighted by Gasteiger charge is 2.18. The number of methoxy groups -OCH3 is 1. The summed E-state index contributed by atoms with van der Waals surface area (Å²) in [6.45, 7) is 6.57. The van der Waals surface area contributed by atoms with Gasteiger partial charge in [-0.15, -0.1) is 0 Å². The van der Waals surface area contributed by atoms with E-state index in [0.29, 0.717) is 17.6 Å². The number of carbonyl (C=O) groups excluding carboxylic acids is 3. The predicted molar refractivity (Wildman–Crippen MR) is 131 cm³/mol. The molecule has 0 radical (unpaired) electrons. The van der Waals surface area contributed by atoms with Crippen LogP contribution in [-0.2, 0) is 9.57 Å². The van der Waals surface area contributed by atoms with Crippen molar-refractivity contribution in [2.75, 3.05) is 32.3 Å². The van der Waals surface area contributed by atoms with Gasteiger partial charge in [-0.3, -0.25) is 10.2 Å². The number of carbonyl (C=O) groups is 3. The Morgan fingerprint density at radius 3 is 2.55 bits per heavy atom. The van der Waals surface area contributed by atoms with E-state index in [1.165, 1.54) is 18.7 Å². The lowest BCUT2D eigenvalue weighted by atomic mass is 10.2. The fourth-order valence-corrected chi connectivity index (χ4v) is 2.36. The van der Waals surface area contributed by atoms with Crippen molar-refractivity contribution in [2.45, 2.75) is 38.4 Å². The maximum Gasteiger partial charge on any atom is 0.433 e. The van der Waals surface area contributed by atoms with Crippen LogP contribution in [0.2, 0.25) is 0 Å². The molecule has 1 aromatic heterocycles. The Bertz CT molecular complexity index is 960. The Labute approximate surface area is 197 Å². The molecule has 0 atom stereocenters. The first-order chi connectivity index (χ1) is 15.7. The average molecular weight is 481 g/mol. The lowest BCUT2D eigenvalue weighted by Gasteiger charge is -2.13. The summed E-state index contributed by atoms with van der Waals surface area (Å²) in [4.78, 5) is 42.9. The van der Waals surface area contributed by atoms with Gasteiger partial charge in [0.25, 0.3) is 0 Å². The van der Waals surface area contributed by atoms with Crippen molar-refractivity contribution in [3.63, 3.8) is 0 Å². The molecular formula is C21H32N6O5S. The number of ether oxygens (including phenoxy) is 1. The summed E-state index contributed by atoms with van der Waals surface area (Å²) in [7, 11) is 2.74. The molecule has 2 rings (SSSR count). The standard InChI is InChI=1S/C14H18N4O3.C7H14N2O2S/c1-3-4-9-15-13(19)18-11-8-6-5-7-10(11)16-12(18)17-14(20)21-2;1-7(2,12-4)5-9-11-6(10)8-3/h5-8H,3-4,9H2,1-2H3,(H,15,19)(H,16,17,20);5H,1-4H3,(H,8,10)/b;9-5+. The molecule has 3 N–H and O–H groups in total. The van der Waals surface area contributed by atoms with Gasteiger partial charge in [0.2, 0.25) is 5.95 Å². The fourth-order valence-electron chi connectivity index (χ4n) is 2.21. The normalized spacial score (nSPS) is 10.8. The summed E-state index contributed by atoms with van der Waals surface area (Å²) in [6, 6.07) is 6.83. The molecule has 12 heteroatoms. The largest absolute Gasteiger partial charge is 0.453 e. The van der Waals surface area contributed by atoms with Gasteiger partial charge in [0.1, 0.15) is 0 Å². The molecule has 0 bridgehead atoms. The topological polar surface area (TPSA) is 136 Å². The van der Waals surface area contributed by atoms with Gasteiger partial charge in [0.05, 0.1) is 24.4 Å². The van der Waals surface area contributed by atoms with E-state index in [1.54, 1.807) is 30.1 Å². The average Bonchev–Trinajstić information content (AvgIpc) is 3.17. The fraction of sp³-hybridized carbons (Fsp3) is 0.476. The Kier molecular flexibility index (Phi) is 11.8. The second kappa shape index (κ2) is 14.0. The van der Waals surface area contributed by atoms with Gasteiger partial charge in [-0.2, -0.15) is 11.8 Å². The molecule has 0 saturated carbocycles. The van der Waals surface area contributed by atoms with Crippen LogP contribution in [0.15, 0.2) is 29.4 Å². The number of fused-ring (bicyclic) bond motifs is 1. The van der Waals surface area contributed by atoms with Gasteiger partial charge in [-0.1, -0.05) is 30.6 Å². The van der Waals surface area contributed by atoms with E-state index in [2.05, 4.69) is 35.7 Å². The molecule has 0 aliphatic heterocycles. The number of anilines is 1. The lowest BCUT2D eigenvalue weighted by Crippen LogP contribution is -2.31. The molecule has 1 aromatic carbocycles. The summed E-state index contributed by atoms with van der Waals surface area (Å²) < 4.78 is 5.78. The second-order valence-electron chi connectivity index (χ2n) is 7.13. The molecule has 2 aromatic rings. The van der Waals surface area contributed by atoms with E-state index in [9.17, 15) is 14.4 Å². The Morgan fingerprint density at radius 2 is 1.94 bits per heavy atom. The minimum atomic E-state index is -0.673. The minimum Gasteiger partial charge on any atom is -0.453 e. The zero-order chi connectivity index (χ0) is 24.9. The first-order valence-electron chi connectivity index (χ1n) is 10.3. The number of hydrogen-bond acceptors (Lipinski definition) is 8. The maximum atomic E-state index is 12.3. The van der Waals surface area contributed by atoms with Gasteiger partial charge in [0, 0.05) is 18.3 Å². The Morgan fingerprint density at radius 1 is 1.24 bits per heavy atom. The number of unbranched alkanes of at least 4 members (excludes halogenated alkanes) is 1. The number of para-hydroxylation sites is 2. The number of imidazole rings is 1. The highest BCUT2D eigenvalue weighted by atomic mass is 32.2. The zero-order valence-corrected chi connectivity index (χ0v) is 20.6. The number of aromatic nitrogens is 2. The van der Waals surface area contributed by atoms with Gasteiger partial charge in [-0.25, -0.2) is 23.9 Å². The number of benzene rings is 1. The van der Waals surface area contributed by atoms with E-state index < -0.39 is 12.2 Å². The van der Waals surface area contributed by atoms with Gasteiger partial charge in [0.15, 0.2) is 0 Å². The van der Waals surface area contributed by atoms with Crippen LogP contribution in [0.3, 0.4) is 0 Å². The molecule has 33 heavy (non-hydrogen) atoms. The number of rotatable bonds is 7. The van der Waals surface area contributed by atoms with Crippen LogP contribution in [0.4, 0.5) is 20.3 Å². The van der Waals surface area contributed by atoms with Crippen LogP contribution in [-0.4, -0.2) is 65.7 Å². The third-order valence-corrected chi connectivity index (χ3v) is 5.36. The van der Waals surface area contributed by atoms with Crippen LogP contribution in [0.5, 0.6) is 0 Å². The van der Waals surface area contributed by atoms with Crippen molar-refractivity contribution in [3.05, 3.63) is 24.3 Å². The third kappa shape index (κ3) is 9.39. The van der Waals surface area contributed by atoms with Crippen molar-refractivity contribution in [1.82, 2.24) is 20.2 Å².